The highest BCUT2D eigenvalue weighted by Gasteiger charge is 2.44. The van der Waals surface area contributed by atoms with E-state index >= 15 is 0 Å². The number of anilines is 1. The zero-order valence-corrected chi connectivity index (χ0v) is 26.3. The molecule has 9 nitrogen and oxygen atoms in total. The van der Waals surface area contributed by atoms with Gasteiger partial charge in [-0.2, -0.15) is 0 Å². The van der Waals surface area contributed by atoms with Crippen LogP contribution in [-0.2, 0) is 26.6 Å². The average molecular weight is 642 g/mol. The number of sulfonamides is 1. The number of nitrogens with zero attached hydrogens (tertiary/aromatic N) is 1. The van der Waals surface area contributed by atoms with Crippen LogP contribution in [0.5, 0.6) is 5.75 Å². The van der Waals surface area contributed by atoms with Crippen molar-refractivity contribution >= 4 is 33.2 Å². The maximum Gasteiger partial charge on any atom is 0.264 e. The Kier molecular flexibility index (Phi) is 8.60. The van der Waals surface area contributed by atoms with Crippen molar-refractivity contribution in [2.75, 3.05) is 31.2 Å². The number of ether oxygens (including phenoxy) is 2. The van der Waals surface area contributed by atoms with Crippen LogP contribution in [0, 0.1) is 11.8 Å². The minimum atomic E-state index is -4.14. The average Bonchev–Trinajstić information content (AvgIpc) is 3.10. The van der Waals surface area contributed by atoms with Crippen LogP contribution in [0.4, 0.5) is 5.69 Å². The lowest BCUT2D eigenvalue weighted by Crippen LogP contribution is -2.49. The predicted octanol–water partition coefficient (Wildman–Crippen LogP) is 4.42. The number of aliphatic hydroxyl groups excluding tert-OH is 1. The molecule has 1 fully saturated rings. The fraction of sp³-hybridized carbons (Fsp3) is 0.485. The molecule has 4 N–H and O–H groups in total. The second kappa shape index (κ2) is 12.3. The van der Waals surface area contributed by atoms with E-state index in [4.69, 9.17) is 26.8 Å². The van der Waals surface area contributed by atoms with Gasteiger partial charge in [0, 0.05) is 29.1 Å². The van der Waals surface area contributed by atoms with Gasteiger partial charge < -0.3 is 25.2 Å². The smallest absolute Gasteiger partial charge is 0.264 e. The molecule has 2 aromatic rings. The van der Waals surface area contributed by atoms with Crippen LogP contribution >= 0.6 is 11.6 Å². The monoisotopic (exact) mass is 641 g/mol. The standard InChI is InChI=1S/C33H40ClN3O6S/c1-21(35)42-18-26-6-2-3-7-30(38)27-11-8-24(27)17-37-19-33(14-4-5-22-15-25(34)10-12-28(22)33)20-43-31-13-9-23(16-29(31)37)32(39)36-44(26,40)41/h3,7,9-10,12-13,15-16,24,26-27,30,38H,1-2,4-6,8,11,14,17-20,35H2,(H,36,39)/b7-3-/t24-,26-,27+,30-,33-/m0/s1. The summed E-state index contributed by atoms with van der Waals surface area (Å²) in [5.41, 5.74) is 8.68. The van der Waals surface area contributed by atoms with Gasteiger partial charge in [-0.05, 0) is 105 Å². The molecule has 236 valence electrons. The van der Waals surface area contributed by atoms with Crippen LogP contribution in [0.1, 0.15) is 60.0 Å². The number of aryl methyl sites for hydroxylation is 1. The molecule has 6 rings (SSSR count). The Morgan fingerprint density at radius 1 is 1.23 bits per heavy atom. The van der Waals surface area contributed by atoms with Crippen molar-refractivity contribution in [2.45, 2.75) is 61.7 Å². The summed E-state index contributed by atoms with van der Waals surface area (Å²) in [6.07, 6.45) is 8.29. The fourth-order valence-corrected chi connectivity index (χ4v) is 8.70. The molecule has 1 saturated carbocycles. The van der Waals surface area contributed by atoms with Gasteiger partial charge in [-0.15, -0.1) is 0 Å². The zero-order valence-electron chi connectivity index (χ0n) is 24.7. The summed E-state index contributed by atoms with van der Waals surface area (Å²) in [4.78, 5) is 15.7. The lowest BCUT2D eigenvalue weighted by atomic mass is 9.68. The van der Waals surface area contributed by atoms with E-state index in [0.717, 1.165) is 42.8 Å². The fourth-order valence-electron chi connectivity index (χ4n) is 7.27. The van der Waals surface area contributed by atoms with Gasteiger partial charge >= 0.3 is 0 Å². The molecule has 2 aliphatic heterocycles. The Hall–Kier alpha value is -3.21. The summed E-state index contributed by atoms with van der Waals surface area (Å²) in [6, 6.07) is 11.2. The molecular formula is C33H40ClN3O6S. The van der Waals surface area contributed by atoms with Crippen molar-refractivity contribution in [3.63, 3.8) is 0 Å². The van der Waals surface area contributed by atoms with Gasteiger partial charge in [-0.25, -0.2) is 13.1 Å². The van der Waals surface area contributed by atoms with Crippen LogP contribution in [0.15, 0.2) is 61.0 Å². The molecule has 2 aliphatic carbocycles. The van der Waals surface area contributed by atoms with E-state index in [1.165, 1.54) is 11.1 Å². The van der Waals surface area contributed by atoms with Crippen molar-refractivity contribution in [1.82, 2.24) is 4.72 Å². The van der Waals surface area contributed by atoms with Gasteiger partial charge in [0.2, 0.25) is 10.0 Å². The molecule has 0 radical (unpaired) electrons. The Balaban J connectivity index is 1.39. The Morgan fingerprint density at radius 3 is 2.84 bits per heavy atom. The molecular weight excluding hydrogens is 602 g/mol. The van der Waals surface area contributed by atoms with Crippen molar-refractivity contribution in [1.29, 1.82) is 0 Å². The molecule has 44 heavy (non-hydrogen) atoms. The molecule has 1 amide bonds. The number of allylic oxidation sites excluding steroid dienone is 1. The third kappa shape index (κ3) is 6.17. The minimum Gasteiger partial charge on any atom is -0.490 e. The summed E-state index contributed by atoms with van der Waals surface area (Å²) >= 11 is 6.38. The van der Waals surface area contributed by atoms with Crippen molar-refractivity contribution in [3.05, 3.63) is 82.7 Å². The first-order chi connectivity index (χ1) is 21.0. The first-order valence-electron chi connectivity index (χ1n) is 15.3. The van der Waals surface area contributed by atoms with E-state index < -0.39 is 27.3 Å². The Bertz CT molecular complexity index is 1580. The van der Waals surface area contributed by atoms with E-state index in [1.54, 1.807) is 24.3 Å². The number of benzene rings is 2. The van der Waals surface area contributed by atoms with Crippen LogP contribution in [-0.4, -0.2) is 57.1 Å². The van der Waals surface area contributed by atoms with Crippen molar-refractivity contribution < 1.29 is 27.8 Å². The normalized spacial score (nSPS) is 30.4. The lowest BCUT2D eigenvalue weighted by molar-refractivity contribution is 0.0456. The molecule has 2 heterocycles. The molecule has 2 bridgehead atoms. The summed E-state index contributed by atoms with van der Waals surface area (Å²) in [7, 11) is -4.14. The molecule has 11 heteroatoms. The number of nitrogens with two attached hydrogens (primary N) is 1. The molecule has 0 unspecified atom stereocenters. The lowest BCUT2D eigenvalue weighted by Gasteiger charge is -2.45. The SMILES string of the molecule is C=C(N)OC[C@@H]1CC/C=C\[C@H](O)[C@@H]2CC[C@H]2CN2C[C@@]3(CCCc4cc(Cl)ccc43)COc3ccc(cc32)C(=O)NS1(=O)=O. The summed E-state index contributed by atoms with van der Waals surface area (Å²) in [5.74, 6) is 0.143. The number of nitrogens with one attached hydrogen (secondary N) is 1. The second-order valence-corrected chi connectivity index (χ2v) is 15.1. The molecule has 5 atom stereocenters. The third-order valence-electron chi connectivity index (χ3n) is 9.79. The Labute approximate surface area is 264 Å². The largest absolute Gasteiger partial charge is 0.490 e. The number of aliphatic hydroxyl groups is 1. The van der Waals surface area contributed by atoms with Crippen molar-refractivity contribution in [2.24, 2.45) is 17.6 Å². The maximum absolute atomic E-state index is 13.4. The number of rotatable bonds is 3. The van der Waals surface area contributed by atoms with Crippen LogP contribution in [0.25, 0.3) is 0 Å². The Morgan fingerprint density at radius 2 is 2.07 bits per heavy atom. The number of hydrogen-bond acceptors (Lipinski definition) is 8. The minimum absolute atomic E-state index is 0.0788. The highest BCUT2D eigenvalue weighted by Crippen LogP contribution is 2.46. The molecule has 0 aromatic heterocycles. The zero-order chi connectivity index (χ0) is 31.1. The number of hydrogen-bond donors (Lipinski definition) is 3. The number of carbonyl (C=O) groups is 1. The number of amides is 1. The van der Waals surface area contributed by atoms with Gasteiger partial charge in [0.15, 0.2) is 5.88 Å². The number of halogens is 1. The predicted molar refractivity (Wildman–Crippen MR) is 170 cm³/mol. The summed E-state index contributed by atoms with van der Waals surface area (Å²) in [6.45, 7) is 5.05. The highest BCUT2D eigenvalue weighted by atomic mass is 35.5. The number of fused-ring (bicyclic) bond motifs is 4. The number of carbonyl (C=O) groups excluding carboxylic acids is 1. The van der Waals surface area contributed by atoms with E-state index in [9.17, 15) is 18.3 Å². The molecule has 4 aliphatic rings. The van der Waals surface area contributed by atoms with Crippen LogP contribution in [0.3, 0.4) is 0 Å². The quantitative estimate of drug-likeness (QED) is 0.332. The van der Waals surface area contributed by atoms with Gasteiger partial charge in [-0.3, -0.25) is 4.79 Å². The van der Waals surface area contributed by atoms with E-state index in [0.29, 0.717) is 31.9 Å². The van der Waals surface area contributed by atoms with Crippen molar-refractivity contribution in [3.8, 4) is 5.75 Å². The second-order valence-electron chi connectivity index (χ2n) is 12.7. The molecule has 1 spiro atoms. The highest BCUT2D eigenvalue weighted by molar-refractivity contribution is 7.90. The van der Waals surface area contributed by atoms with E-state index in [1.807, 2.05) is 12.1 Å². The first-order valence-corrected chi connectivity index (χ1v) is 17.3. The van der Waals surface area contributed by atoms with E-state index in [2.05, 4.69) is 28.3 Å². The summed E-state index contributed by atoms with van der Waals surface area (Å²) < 4.78 is 40.8. The summed E-state index contributed by atoms with van der Waals surface area (Å²) in [5, 5.41) is 10.8. The topological polar surface area (TPSA) is 131 Å². The van der Waals surface area contributed by atoms with Gasteiger partial charge in [0.1, 0.15) is 17.6 Å². The maximum atomic E-state index is 13.4. The van der Waals surface area contributed by atoms with Crippen LogP contribution < -0.4 is 20.1 Å². The first kappa shape index (κ1) is 30.8. The molecule has 0 saturated heterocycles. The van der Waals surface area contributed by atoms with Gasteiger partial charge in [0.05, 0.1) is 18.4 Å². The molecule has 2 aromatic carbocycles. The third-order valence-corrected chi connectivity index (χ3v) is 11.7. The van der Waals surface area contributed by atoms with Gasteiger partial charge in [0.25, 0.3) is 5.91 Å². The van der Waals surface area contributed by atoms with Crippen LogP contribution in [0.2, 0.25) is 5.02 Å². The van der Waals surface area contributed by atoms with E-state index in [-0.39, 0.29) is 41.7 Å². The van der Waals surface area contributed by atoms with Gasteiger partial charge in [-0.1, -0.05) is 29.8 Å².